The summed E-state index contributed by atoms with van der Waals surface area (Å²) in [5.41, 5.74) is -1.13. The fourth-order valence-electron chi connectivity index (χ4n) is 4.58. The second-order valence-electron chi connectivity index (χ2n) is 10.1. The summed E-state index contributed by atoms with van der Waals surface area (Å²) in [6, 6.07) is 8.08. The molecule has 1 fully saturated rings. The molecule has 0 saturated heterocycles. The molecule has 41 heavy (non-hydrogen) atoms. The molecular weight excluding hydrogens is 544 g/mol. The first-order chi connectivity index (χ1) is 19.3. The quantitative estimate of drug-likeness (QED) is 0.324. The third kappa shape index (κ3) is 7.31. The molecule has 12 heteroatoms. The van der Waals surface area contributed by atoms with Gasteiger partial charge in [0.15, 0.2) is 0 Å². The summed E-state index contributed by atoms with van der Waals surface area (Å²) in [5, 5.41) is 5.09. The van der Waals surface area contributed by atoms with Gasteiger partial charge in [-0.2, -0.15) is 13.2 Å². The first-order valence-corrected chi connectivity index (χ1v) is 13.0. The van der Waals surface area contributed by atoms with Gasteiger partial charge in [-0.3, -0.25) is 14.4 Å². The second kappa shape index (κ2) is 12.1. The third-order valence-electron chi connectivity index (χ3n) is 6.89. The molecule has 2 aromatic carbocycles. The highest BCUT2D eigenvalue weighted by Gasteiger charge is 2.34. The van der Waals surface area contributed by atoms with Crippen molar-refractivity contribution in [2.45, 2.75) is 44.4 Å². The van der Waals surface area contributed by atoms with E-state index >= 15 is 0 Å². The number of rotatable bonds is 9. The predicted octanol–water partition coefficient (Wildman–Crippen LogP) is 4.60. The molecule has 1 saturated carbocycles. The summed E-state index contributed by atoms with van der Waals surface area (Å²) < 4.78 is 61.2. The number of aromatic nitrogens is 1. The molecule has 8 nitrogen and oxygen atoms in total. The summed E-state index contributed by atoms with van der Waals surface area (Å²) in [7, 11) is 3.82. The number of H-pyrrole nitrogens is 1. The van der Waals surface area contributed by atoms with Crippen molar-refractivity contribution in [2.24, 2.45) is 0 Å². The van der Waals surface area contributed by atoms with Crippen LogP contribution in [0.3, 0.4) is 0 Å². The summed E-state index contributed by atoms with van der Waals surface area (Å²) in [6.07, 6.45) is -2.48. The average Bonchev–Trinajstić information content (AvgIpc) is 2.86. The van der Waals surface area contributed by atoms with Crippen LogP contribution in [0.4, 0.5) is 23.2 Å². The number of nitrogens with one attached hydrogen (secondary N) is 3. The molecule has 0 spiro atoms. The molecule has 0 bridgehead atoms. The number of alkyl halides is 3. The normalized spacial score (nSPS) is 16.7. The molecule has 3 aromatic rings. The number of anilines is 1. The van der Waals surface area contributed by atoms with Gasteiger partial charge in [-0.25, -0.2) is 4.39 Å². The number of ether oxygens (including phenoxy) is 1. The molecule has 3 N–H and O–H groups in total. The van der Waals surface area contributed by atoms with Gasteiger partial charge < -0.3 is 25.3 Å². The molecule has 0 unspecified atom stereocenters. The molecule has 0 aliphatic heterocycles. The van der Waals surface area contributed by atoms with Crippen LogP contribution in [0, 0.1) is 5.82 Å². The van der Waals surface area contributed by atoms with E-state index < -0.39 is 35.8 Å². The van der Waals surface area contributed by atoms with E-state index in [2.05, 4.69) is 15.6 Å². The van der Waals surface area contributed by atoms with E-state index in [4.69, 9.17) is 4.74 Å². The highest BCUT2D eigenvalue weighted by molar-refractivity contribution is 5.98. The van der Waals surface area contributed by atoms with Gasteiger partial charge in [-0.1, -0.05) is 12.1 Å². The number of carbonyl (C=O) groups is 2. The fraction of sp³-hybridized carbons (Fsp3) is 0.345. The molecule has 218 valence electrons. The minimum atomic E-state index is -4.76. The lowest BCUT2D eigenvalue weighted by Crippen LogP contribution is -2.51. The van der Waals surface area contributed by atoms with Crippen LogP contribution in [0.15, 0.2) is 53.5 Å². The lowest BCUT2D eigenvalue weighted by molar-refractivity contribution is -0.137. The molecule has 1 aliphatic carbocycles. The van der Waals surface area contributed by atoms with E-state index in [1.807, 2.05) is 19.0 Å². The fourth-order valence-corrected chi connectivity index (χ4v) is 4.58. The Morgan fingerprint density at radius 1 is 1.10 bits per heavy atom. The number of carbonyl (C=O) groups excluding carboxylic acids is 2. The van der Waals surface area contributed by atoms with Crippen molar-refractivity contribution in [3.05, 3.63) is 81.5 Å². The van der Waals surface area contributed by atoms with E-state index in [1.165, 1.54) is 30.5 Å². The Balaban J connectivity index is 1.49. The van der Waals surface area contributed by atoms with Crippen molar-refractivity contribution < 1.29 is 31.9 Å². The van der Waals surface area contributed by atoms with Crippen LogP contribution in [0.25, 0.3) is 11.1 Å². The molecule has 2 amide bonds. The number of nitrogens with zero attached hydrogens (tertiary/aromatic N) is 1. The van der Waals surface area contributed by atoms with Crippen LogP contribution >= 0.6 is 0 Å². The molecular formula is C29H30F4N4O4. The SMILES string of the molecule is CCOc1cc(=O)[nH]cc1-c1ccc(CC(=O)Nc2cc(C(=O)N[C@H]3C[C@@H](N(C)C)C3)cc(C(F)(F)F)c2)c(F)c1. The summed E-state index contributed by atoms with van der Waals surface area (Å²) in [4.78, 5) is 41.6. The lowest BCUT2D eigenvalue weighted by atomic mass is 9.86. The number of aromatic amines is 1. The van der Waals surface area contributed by atoms with Gasteiger partial charge in [0.2, 0.25) is 5.91 Å². The van der Waals surface area contributed by atoms with Crippen molar-refractivity contribution in [1.29, 1.82) is 0 Å². The maximum absolute atomic E-state index is 15.0. The number of amides is 2. The van der Waals surface area contributed by atoms with Crippen LogP contribution < -0.4 is 20.9 Å². The Hall–Kier alpha value is -4.19. The summed E-state index contributed by atoms with van der Waals surface area (Å²) >= 11 is 0. The van der Waals surface area contributed by atoms with Crippen molar-refractivity contribution in [3.8, 4) is 16.9 Å². The van der Waals surface area contributed by atoms with Crippen molar-refractivity contribution in [3.63, 3.8) is 0 Å². The average molecular weight is 575 g/mol. The van der Waals surface area contributed by atoms with Gasteiger partial charge in [0.25, 0.3) is 11.5 Å². The number of benzene rings is 2. The zero-order valence-electron chi connectivity index (χ0n) is 22.7. The largest absolute Gasteiger partial charge is 0.493 e. The first-order valence-electron chi connectivity index (χ1n) is 13.0. The Bertz CT molecular complexity index is 1500. The van der Waals surface area contributed by atoms with Crippen molar-refractivity contribution in [1.82, 2.24) is 15.2 Å². The maximum Gasteiger partial charge on any atom is 0.416 e. The maximum atomic E-state index is 15.0. The number of halogens is 4. The van der Waals surface area contributed by atoms with Gasteiger partial charge in [-0.15, -0.1) is 0 Å². The number of pyridine rings is 1. The first kappa shape index (κ1) is 29.8. The van der Waals surface area contributed by atoms with Crippen molar-refractivity contribution >= 4 is 17.5 Å². The van der Waals surface area contributed by atoms with Gasteiger partial charge in [-0.05, 0) is 69.3 Å². The monoisotopic (exact) mass is 574 g/mol. The van der Waals surface area contributed by atoms with E-state index in [9.17, 15) is 31.9 Å². The highest BCUT2D eigenvalue weighted by Crippen LogP contribution is 2.33. The molecule has 1 heterocycles. The lowest BCUT2D eigenvalue weighted by Gasteiger charge is -2.39. The van der Waals surface area contributed by atoms with E-state index in [0.29, 0.717) is 24.0 Å². The zero-order chi connectivity index (χ0) is 29.9. The van der Waals surface area contributed by atoms with Gasteiger partial charge in [0.05, 0.1) is 18.6 Å². The molecule has 0 radical (unpaired) electrons. The Labute approximate surface area is 233 Å². The second-order valence-corrected chi connectivity index (χ2v) is 10.1. The molecule has 0 atom stereocenters. The Morgan fingerprint density at radius 3 is 2.46 bits per heavy atom. The predicted molar refractivity (Wildman–Crippen MR) is 145 cm³/mol. The van der Waals surface area contributed by atoms with Gasteiger partial charge in [0.1, 0.15) is 11.6 Å². The van der Waals surface area contributed by atoms with Crippen LogP contribution in [-0.2, 0) is 17.4 Å². The van der Waals surface area contributed by atoms with Crippen molar-refractivity contribution in [2.75, 3.05) is 26.0 Å². The minimum Gasteiger partial charge on any atom is -0.493 e. The summed E-state index contributed by atoms with van der Waals surface area (Å²) in [5.74, 6) is -1.91. The van der Waals surface area contributed by atoms with E-state index in [1.54, 1.807) is 6.92 Å². The van der Waals surface area contributed by atoms with Crippen LogP contribution in [0.2, 0.25) is 0 Å². The minimum absolute atomic E-state index is 0.000920. The smallest absolute Gasteiger partial charge is 0.416 e. The van der Waals surface area contributed by atoms with E-state index in [0.717, 1.165) is 18.2 Å². The van der Waals surface area contributed by atoms with Gasteiger partial charge in [0, 0.05) is 41.2 Å². The highest BCUT2D eigenvalue weighted by atomic mass is 19.4. The standard InChI is InChI=1S/C29H30F4N4O4/c1-4-41-25-14-26(38)34-15-23(25)16-5-6-17(24(30)9-16)10-27(39)35-20-8-18(7-19(11-20)29(31,32)33)28(40)36-21-12-22(13-21)37(2)3/h5-9,11,14-15,21-22H,4,10,12-13H2,1-3H3,(H,34,38)(H,35,39)(H,36,40)/t21-,22+. The van der Waals surface area contributed by atoms with Gasteiger partial charge >= 0.3 is 6.18 Å². The Morgan fingerprint density at radius 2 is 1.83 bits per heavy atom. The summed E-state index contributed by atoms with van der Waals surface area (Å²) in [6.45, 7) is 2.02. The molecule has 1 aliphatic rings. The Kier molecular flexibility index (Phi) is 8.81. The van der Waals surface area contributed by atoms with Crippen LogP contribution in [0.5, 0.6) is 5.75 Å². The van der Waals surface area contributed by atoms with E-state index in [-0.39, 0.29) is 46.8 Å². The number of hydrogen-bond acceptors (Lipinski definition) is 5. The topological polar surface area (TPSA) is 104 Å². The third-order valence-corrected chi connectivity index (χ3v) is 6.89. The van der Waals surface area contributed by atoms with Crippen LogP contribution in [0.1, 0.15) is 41.3 Å². The number of hydrogen-bond donors (Lipinski definition) is 3. The molecule has 1 aromatic heterocycles. The molecule has 4 rings (SSSR count). The van der Waals surface area contributed by atoms with Crippen LogP contribution in [-0.4, -0.2) is 54.5 Å². The zero-order valence-corrected chi connectivity index (χ0v) is 22.7.